The summed E-state index contributed by atoms with van der Waals surface area (Å²) in [5.74, 6) is -6.19. The Hall–Kier alpha value is -3.48. The molecule has 0 fully saturated rings. The molecule has 0 aromatic heterocycles. The van der Waals surface area contributed by atoms with E-state index in [2.05, 4.69) is 0 Å². The quantitative estimate of drug-likeness (QED) is 0.189. The highest BCUT2D eigenvalue weighted by molar-refractivity contribution is 5.68. The van der Waals surface area contributed by atoms with E-state index in [0.717, 1.165) is 12.8 Å². The molecule has 0 N–H and O–H groups in total. The van der Waals surface area contributed by atoms with Gasteiger partial charge in [0.05, 0.1) is 6.61 Å². The first kappa shape index (κ1) is 30.0. The maximum atomic E-state index is 15.4. The minimum Gasteiger partial charge on any atom is -0.490 e. The van der Waals surface area contributed by atoms with Crippen LogP contribution in [-0.4, -0.2) is 6.61 Å². The molecule has 3 aromatic rings. The van der Waals surface area contributed by atoms with E-state index in [1.165, 1.54) is 25.1 Å². The van der Waals surface area contributed by atoms with E-state index >= 15 is 8.78 Å². The molecule has 0 aliphatic heterocycles. The first-order valence-electron chi connectivity index (χ1n) is 14.6. The Morgan fingerprint density at radius 3 is 1.67 bits per heavy atom. The van der Waals surface area contributed by atoms with Gasteiger partial charge in [-0.3, -0.25) is 0 Å². The normalized spacial score (nSPS) is 19.0. The van der Waals surface area contributed by atoms with Gasteiger partial charge in [-0.25, -0.2) is 22.0 Å². The van der Waals surface area contributed by atoms with Crippen LogP contribution >= 0.6 is 0 Å². The molecule has 42 heavy (non-hydrogen) atoms. The lowest BCUT2D eigenvalue weighted by atomic mass is 9.79. The minimum atomic E-state index is -1.02. The molecule has 5 rings (SSSR count). The monoisotopic (exact) mass is 584 g/mol. The van der Waals surface area contributed by atoms with Crippen molar-refractivity contribution in [1.29, 1.82) is 0 Å². The predicted octanol–water partition coefficient (Wildman–Crippen LogP) is 10.7. The lowest BCUT2D eigenvalue weighted by Gasteiger charge is -2.26. The van der Waals surface area contributed by atoms with E-state index in [0.29, 0.717) is 56.3 Å². The van der Waals surface area contributed by atoms with Crippen LogP contribution in [-0.2, 0) is 0 Å². The molecular weight excluding hydrogens is 550 g/mol. The van der Waals surface area contributed by atoms with Gasteiger partial charge in [0, 0.05) is 11.1 Å². The van der Waals surface area contributed by atoms with Gasteiger partial charge in [-0.05, 0) is 104 Å². The summed E-state index contributed by atoms with van der Waals surface area (Å²) in [7, 11) is 0. The van der Waals surface area contributed by atoms with E-state index in [4.69, 9.17) is 4.74 Å². The maximum absolute atomic E-state index is 15.4. The Labute approximate surface area is 242 Å². The van der Waals surface area contributed by atoms with Crippen LogP contribution in [0.3, 0.4) is 0 Å². The SMILES string of the molecule is CCCCOc1ccc(C2=CCC(c3ccc(C4CC=C(c5ccc(C)c(F)c5F)CC4)c(F)c3F)CC2)c(F)c1F. The van der Waals surface area contributed by atoms with Crippen LogP contribution in [0.25, 0.3) is 11.1 Å². The Balaban J connectivity index is 1.28. The molecule has 0 radical (unpaired) electrons. The second-order valence-corrected chi connectivity index (χ2v) is 11.3. The third-order valence-electron chi connectivity index (χ3n) is 8.61. The third-order valence-corrected chi connectivity index (χ3v) is 8.61. The van der Waals surface area contributed by atoms with Crippen molar-refractivity contribution in [3.8, 4) is 5.75 Å². The van der Waals surface area contributed by atoms with Crippen molar-refractivity contribution in [3.05, 3.63) is 111 Å². The number of benzene rings is 3. The molecule has 2 aliphatic carbocycles. The summed E-state index contributed by atoms with van der Waals surface area (Å²) in [4.78, 5) is 0. The first-order chi connectivity index (χ1) is 20.2. The van der Waals surface area contributed by atoms with Crippen molar-refractivity contribution in [3.63, 3.8) is 0 Å². The molecule has 0 saturated heterocycles. The second kappa shape index (κ2) is 12.8. The van der Waals surface area contributed by atoms with Crippen molar-refractivity contribution in [2.45, 2.75) is 77.0 Å². The smallest absolute Gasteiger partial charge is 0.201 e. The Bertz CT molecular complexity index is 1540. The largest absolute Gasteiger partial charge is 0.490 e. The molecule has 0 heterocycles. The van der Waals surface area contributed by atoms with Gasteiger partial charge in [0.25, 0.3) is 0 Å². The Morgan fingerprint density at radius 2 is 1.17 bits per heavy atom. The zero-order chi connectivity index (χ0) is 30.0. The van der Waals surface area contributed by atoms with Crippen LogP contribution in [0.2, 0.25) is 0 Å². The van der Waals surface area contributed by atoms with E-state index in [1.807, 2.05) is 6.92 Å². The second-order valence-electron chi connectivity index (χ2n) is 11.3. The molecule has 2 unspecified atom stereocenters. The average molecular weight is 585 g/mol. The molecule has 1 nitrogen and oxygen atoms in total. The standard InChI is InChI=1S/C35H34F6O/c1-3-4-19-42-29-18-17-28(34(40)35(29)41)24-12-10-23(11-13-24)27-16-15-26(32(38)33(27)39)22-8-6-21(7-9-22)25-14-5-20(2)30(36)31(25)37/h5-6,12,14-18,22-23H,3-4,7-11,13,19H2,1-2H3. The van der Waals surface area contributed by atoms with Crippen LogP contribution in [0.15, 0.2) is 48.6 Å². The minimum absolute atomic E-state index is 0.113. The number of unbranched alkanes of at least 4 members (excludes halogenated alkanes) is 1. The summed E-state index contributed by atoms with van der Waals surface area (Å²) in [5.41, 5.74) is 2.44. The fourth-order valence-corrected chi connectivity index (χ4v) is 6.04. The summed E-state index contributed by atoms with van der Waals surface area (Å²) in [5, 5.41) is 0. The third kappa shape index (κ3) is 5.88. The molecule has 7 heteroatoms. The molecule has 0 saturated carbocycles. The van der Waals surface area contributed by atoms with Gasteiger partial charge >= 0.3 is 0 Å². The number of halogens is 6. The number of ether oxygens (including phenoxy) is 1. The van der Waals surface area contributed by atoms with Crippen molar-refractivity contribution in [2.24, 2.45) is 0 Å². The molecule has 0 amide bonds. The predicted molar refractivity (Wildman–Crippen MR) is 153 cm³/mol. The molecule has 0 spiro atoms. The summed E-state index contributed by atoms with van der Waals surface area (Å²) >= 11 is 0. The highest BCUT2D eigenvalue weighted by Crippen LogP contribution is 2.42. The zero-order valence-corrected chi connectivity index (χ0v) is 23.8. The van der Waals surface area contributed by atoms with Crippen LogP contribution < -0.4 is 4.74 Å². The van der Waals surface area contributed by atoms with Gasteiger partial charge in [0.15, 0.2) is 34.8 Å². The van der Waals surface area contributed by atoms with E-state index < -0.39 is 34.9 Å². The maximum Gasteiger partial charge on any atom is 0.201 e. The number of aryl methyl sites for hydroxylation is 1. The van der Waals surface area contributed by atoms with Gasteiger partial charge in [0.1, 0.15) is 0 Å². The topological polar surface area (TPSA) is 9.23 Å². The Kier molecular flexibility index (Phi) is 9.14. The van der Waals surface area contributed by atoms with Gasteiger partial charge in [-0.2, -0.15) is 4.39 Å². The van der Waals surface area contributed by atoms with E-state index in [9.17, 15) is 17.6 Å². The zero-order valence-electron chi connectivity index (χ0n) is 23.8. The van der Waals surface area contributed by atoms with Crippen molar-refractivity contribution in [1.82, 2.24) is 0 Å². The van der Waals surface area contributed by atoms with Crippen LogP contribution in [0.1, 0.15) is 97.9 Å². The van der Waals surface area contributed by atoms with E-state index in [-0.39, 0.29) is 45.4 Å². The highest BCUT2D eigenvalue weighted by atomic mass is 19.2. The number of hydrogen-bond acceptors (Lipinski definition) is 1. The molecular formula is C35H34F6O. The first-order valence-corrected chi connectivity index (χ1v) is 14.6. The summed E-state index contributed by atoms with van der Waals surface area (Å²) < 4.78 is 94.0. The average Bonchev–Trinajstić information content (AvgIpc) is 3.00. The van der Waals surface area contributed by atoms with Crippen molar-refractivity contribution < 1.29 is 31.1 Å². The number of rotatable bonds is 8. The lowest BCUT2D eigenvalue weighted by molar-refractivity contribution is 0.288. The summed E-state index contributed by atoms with van der Waals surface area (Å²) in [6.45, 7) is 3.79. The van der Waals surface area contributed by atoms with Crippen LogP contribution in [0.5, 0.6) is 5.75 Å². The summed E-state index contributed by atoms with van der Waals surface area (Å²) in [6, 6.07) is 9.27. The molecule has 3 aromatic carbocycles. The van der Waals surface area contributed by atoms with Gasteiger partial charge in [-0.15, -0.1) is 0 Å². The highest BCUT2D eigenvalue weighted by Gasteiger charge is 2.28. The van der Waals surface area contributed by atoms with Crippen molar-refractivity contribution >= 4 is 11.1 Å². The molecule has 2 atom stereocenters. The Morgan fingerprint density at radius 1 is 0.643 bits per heavy atom. The van der Waals surface area contributed by atoms with Crippen LogP contribution in [0.4, 0.5) is 26.3 Å². The van der Waals surface area contributed by atoms with E-state index in [1.54, 1.807) is 30.4 Å². The van der Waals surface area contributed by atoms with Gasteiger partial charge < -0.3 is 4.74 Å². The fraction of sp³-hybridized carbons (Fsp3) is 0.371. The van der Waals surface area contributed by atoms with Gasteiger partial charge in [-0.1, -0.05) is 49.8 Å². The van der Waals surface area contributed by atoms with Crippen molar-refractivity contribution in [2.75, 3.05) is 6.61 Å². The molecule has 0 bridgehead atoms. The van der Waals surface area contributed by atoms with Gasteiger partial charge in [0.2, 0.25) is 5.82 Å². The lowest BCUT2D eigenvalue weighted by Crippen LogP contribution is -2.12. The molecule has 222 valence electrons. The summed E-state index contributed by atoms with van der Waals surface area (Å²) in [6.07, 6.45) is 7.70. The fourth-order valence-electron chi connectivity index (χ4n) is 6.04. The van der Waals surface area contributed by atoms with Crippen LogP contribution in [0, 0.1) is 41.8 Å². The molecule has 2 aliphatic rings. The number of hydrogen-bond donors (Lipinski definition) is 0. The number of allylic oxidation sites excluding steroid dienone is 4.